The molecule has 0 aromatic heterocycles. The number of hydrogen-bond donors (Lipinski definition) is 5. The van der Waals surface area contributed by atoms with E-state index in [2.05, 4.69) is 0 Å². The second kappa shape index (κ2) is 7.67. The molecule has 0 unspecified atom stereocenters. The highest BCUT2D eigenvalue weighted by Crippen LogP contribution is 2.33. The van der Waals surface area contributed by atoms with E-state index in [0.717, 1.165) is 6.07 Å². The van der Waals surface area contributed by atoms with Crippen LogP contribution in [-0.2, 0) is 6.42 Å². The van der Waals surface area contributed by atoms with Crippen LogP contribution in [0, 0.1) is 0 Å². The molecule has 0 radical (unpaired) electrons. The SMILES string of the molecule is NCCc1ccccc1-c1cc(C(=O)O)c(C(=O)O)c(C(=O)O)c1C(N)=O. The summed E-state index contributed by atoms with van der Waals surface area (Å²) in [7, 11) is 0. The Bertz CT molecular complexity index is 966. The summed E-state index contributed by atoms with van der Waals surface area (Å²) in [4.78, 5) is 46.9. The molecule has 0 fully saturated rings. The largest absolute Gasteiger partial charge is 0.478 e. The molecular formula is C18H16N2O7. The Morgan fingerprint density at radius 2 is 1.41 bits per heavy atom. The molecular weight excluding hydrogens is 356 g/mol. The van der Waals surface area contributed by atoms with E-state index in [1.54, 1.807) is 24.3 Å². The minimum atomic E-state index is -1.80. The van der Waals surface area contributed by atoms with Gasteiger partial charge in [0.15, 0.2) is 0 Å². The quantitative estimate of drug-likeness (QED) is 0.478. The number of amides is 1. The van der Waals surface area contributed by atoms with Crippen molar-refractivity contribution in [3.8, 4) is 11.1 Å². The van der Waals surface area contributed by atoms with Crippen LogP contribution in [-0.4, -0.2) is 45.7 Å². The first-order chi connectivity index (χ1) is 12.7. The highest BCUT2D eigenvalue weighted by molar-refractivity contribution is 6.17. The lowest BCUT2D eigenvalue weighted by Crippen LogP contribution is -2.24. The maximum Gasteiger partial charge on any atom is 0.337 e. The maximum absolute atomic E-state index is 12.0. The molecule has 1 amide bonds. The summed E-state index contributed by atoms with van der Waals surface area (Å²) in [6.07, 6.45) is 0.361. The number of rotatable bonds is 7. The van der Waals surface area contributed by atoms with Crippen molar-refractivity contribution in [1.82, 2.24) is 0 Å². The van der Waals surface area contributed by atoms with Crippen LogP contribution >= 0.6 is 0 Å². The van der Waals surface area contributed by atoms with E-state index in [9.17, 15) is 34.5 Å². The van der Waals surface area contributed by atoms with Gasteiger partial charge in [-0.2, -0.15) is 0 Å². The third kappa shape index (κ3) is 3.62. The first-order valence-corrected chi connectivity index (χ1v) is 7.69. The van der Waals surface area contributed by atoms with Crippen LogP contribution in [0.3, 0.4) is 0 Å². The highest BCUT2D eigenvalue weighted by atomic mass is 16.4. The van der Waals surface area contributed by atoms with Crippen molar-refractivity contribution in [3.05, 3.63) is 58.1 Å². The molecule has 9 heteroatoms. The first kappa shape index (κ1) is 19.6. The highest BCUT2D eigenvalue weighted by Gasteiger charge is 2.32. The van der Waals surface area contributed by atoms with Gasteiger partial charge in [-0.15, -0.1) is 0 Å². The number of aromatic carboxylic acids is 3. The van der Waals surface area contributed by atoms with Gasteiger partial charge < -0.3 is 26.8 Å². The fourth-order valence-corrected chi connectivity index (χ4v) is 2.91. The Kier molecular flexibility index (Phi) is 5.57. The van der Waals surface area contributed by atoms with Gasteiger partial charge in [-0.05, 0) is 35.7 Å². The molecule has 2 aromatic carbocycles. The van der Waals surface area contributed by atoms with E-state index < -0.39 is 46.1 Å². The fraction of sp³-hybridized carbons (Fsp3) is 0.111. The second-order valence-corrected chi connectivity index (χ2v) is 5.57. The second-order valence-electron chi connectivity index (χ2n) is 5.57. The Morgan fingerprint density at radius 1 is 0.815 bits per heavy atom. The molecule has 0 atom stereocenters. The predicted molar refractivity (Wildman–Crippen MR) is 94.0 cm³/mol. The molecule has 0 aliphatic carbocycles. The van der Waals surface area contributed by atoms with Gasteiger partial charge in [-0.1, -0.05) is 24.3 Å². The maximum atomic E-state index is 12.0. The molecule has 0 bridgehead atoms. The van der Waals surface area contributed by atoms with Crippen molar-refractivity contribution in [3.63, 3.8) is 0 Å². The van der Waals surface area contributed by atoms with E-state index in [1.807, 2.05) is 0 Å². The normalized spacial score (nSPS) is 10.4. The number of nitrogens with two attached hydrogens (primary N) is 2. The van der Waals surface area contributed by atoms with Crippen molar-refractivity contribution in [1.29, 1.82) is 0 Å². The van der Waals surface area contributed by atoms with Gasteiger partial charge in [0.05, 0.1) is 22.3 Å². The van der Waals surface area contributed by atoms with Crippen molar-refractivity contribution < 1.29 is 34.5 Å². The third-order valence-corrected chi connectivity index (χ3v) is 3.95. The summed E-state index contributed by atoms with van der Waals surface area (Å²) in [6.45, 7) is 0.244. The van der Waals surface area contributed by atoms with Gasteiger partial charge in [0.25, 0.3) is 0 Å². The zero-order valence-electron chi connectivity index (χ0n) is 13.9. The monoisotopic (exact) mass is 372 g/mol. The van der Waals surface area contributed by atoms with Gasteiger partial charge in [0, 0.05) is 0 Å². The molecule has 0 aliphatic heterocycles. The molecule has 0 aliphatic rings. The van der Waals surface area contributed by atoms with Crippen molar-refractivity contribution >= 4 is 23.8 Å². The molecule has 140 valence electrons. The third-order valence-electron chi connectivity index (χ3n) is 3.95. The number of hydrogen-bond acceptors (Lipinski definition) is 5. The van der Waals surface area contributed by atoms with E-state index >= 15 is 0 Å². The van der Waals surface area contributed by atoms with Crippen LogP contribution in [0.4, 0.5) is 0 Å². The Morgan fingerprint density at radius 3 is 1.89 bits per heavy atom. The van der Waals surface area contributed by atoms with Crippen LogP contribution in [0.1, 0.15) is 47.0 Å². The average Bonchev–Trinajstić information content (AvgIpc) is 2.60. The van der Waals surface area contributed by atoms with E-state index in [0.29, 0.717) is 17.5 Å². The minimum absolute atomic E-state index is 0.0775. The average molecular weight is 372 g/mol. The molecule has 2 rings (SSSR count). The van der Waals surface area contributed by atoms with Crippen molar-refractivity contribution in [2.45, 2.75) is 6.42 Å². The Labute approximate surface area is 152 Å². The summed E-state index contributed by atoms with van der Waals surface area (Å²) >= 11 is 0. The van der Waals surface area contributed by atoms with Crippen LogP contribution in [0.15, 0.2) is 30.3 Å². The standard InChI is InChI=1S/C18H16N2O7/c19-6-5-8-3-1-2-4-9(8)10-7-11(16(22)23)13(17(24)25)14(18(26)27)12(10)15(20)21/h1-4,7H,5-6,19H2,(H2,20,21)(H,22,23)(H,24,25)(H,26,27). The minimum Gasteiger partial charge on any atom is -0.478 e. The Balaban J connectivity index is 3.07. The van der Waals surface area contributed by atoms with Crippen molar-refractivity contribution in [2.24, 2.45) is 11.5 Å². The molecule has 2 aromatic rings. The lowest BCUT2D eigenvalue weighted by molar-refractivity contribution is 0.0631. The molecule has 0 saturated carbocycles. The van der Waals surface area contributed by atoms with Crippen LogP contribution in [0.2, 0.25) is 0 Å². The molecule has 27 heavy (non-hydrogen) atoms. The van der Waals surface area contributed by atoms with Crippen LogP contribution in [0.5, 0.6) is 0 Å². The number of carbonyl (C=O) groups is 4. The summed E-state index contributed by atoms with van der Waals surface area (Å²) in [5.41, 5.74) is 8.49. The van der Waals surface area contributed by atoms with Gasteiger partial charge in [-0.3, -0.25) is 4.79 Å². The van der Waals surface area contributed by atoms with Gasteiger partial charge >= 0.3 is 17.9 Å². The number of primary amides is 1. The zero-order chi connectivity index (χ0) is 20.3. The number of carboxylic acids is 3. The summed E-state index contributed by atoms with van der Waals surface area (Å²) in [5, 5.41) is 28.3. The first-order valence-electron chi connectivity index (χ1n) is 7.69. The Hall–Kier alpha value is -3.72. The predicted octanol–water partition coefficient (Wildman–Crippen LogP) is 1.05. The molecule has 0 spiro atoms. The van der Waals surface area contributed by atoms with E-state index in [4.69, 9.17) is 11.5 Å². The molecule has 0 heterocycles. The lowest BCUT2D eigenvalue weighted by atomic mass is 9.86. The summed E-state index contributed by atoms with van der Waals surface area (Å²) in [6, 6.07) is 7.48. The lowest BCUT2D eigenvalue weighted by Gasteiger charge is -2.17. The molecule has 9 nitrogen and oxygen atoms in total. The molecule has 0 saturated heterocycles. The smallest absolute Gasteiger partial charge is 0.337 e. The van der Waals surface area contributed by atoms with Crippen LogP contribution < -0.4 is 11.5 Å². The topological polar surface area (TPSA) is 181 Å². The van der Waals surface area contributed by atoms with Gasteiger partial charge in [-0.25, -0.2) is 14.4 Å². The number of carbonyl (C=O) groups excluding carboxylic acids is 1. The van der Waals surface area contributed by atoms with Crippen molar-refractivity contribution in [2.75, 3.05) is 6.54 Å². The van der Waals surface area contributed by atoms with Gasteiger partial charge in [0.1, 0.15) is 0 Å². The fourth-order valence-electron chi connectivity index (χ4n) is 2.91. The summed E-state index contributed by atoms with van der Waals surface area (Å²) in [5.74, 6) is -6.41. The van der Waals surface area contributed by atoms with E-state index in [1.165, 1.54) is 0 Å². The number of carboxylic acid groups (broad SMARTS) is 3. The van der Waals surface area contributed by atoms with E-state index in [-0.39, 0.29) is 12.1 Å². The number of benzene rings is 2. The summed E-state index contributed by atoms with van der Waals surface area (Å²) < 4.78 is 0. The van der Waals surface area contributed by atoms with Gasteiger partial charge in [0.2, 0.25) is 5.91 Å². The zero-order valence-corrected chi connectivity index (χ0v) is 13.9. The molecule has 7 N–H and O–H groups in total. The van der Waals surface area contributed by atoms with Crippen LogP contribution in [0.25, 0.3) is 11.1 Å².